The summed E-state index contributed by atoms with van der Waals surface area (Å²) < 4.78 is 0. The molecule has 3 rings (SSSR count). The molecule has 4 heteroatoms. The SMILES string of the molecule is Cc1ccc(C(=O)O)cc1NCc1ccc2[nH]ccc2c1. The number of hydrogen-bond donors (Lipinski definition) is 3. The maximum atomic E-state index is 11.0. The molecule has 1 heterocycles. The summed E-state index contributed by atoms with van der Waals surface area (Å²) in [6.07, 6.45) is 1.92. The van der Waals surface area contributed by atoms with Crippen molar-refractivity contribution in [3.05, 3.63) is 65.4 Å². The monoisotopic (exact) mass is 280 g/mol. The van der Waals surface area contributed by atoms with Crippen molar-refractivity contribution in [3.63, 3.8) is 0 Å². The Balaban J connectivity index is 1.80. The first-order valence-corrected chi connectivity index (χ1v) is 6.77. The number of aromatic nitrogens is 1. The summed E-state index contributed by atoms with van der Waals surface area (Å²) in [4.78, 5) is 14.2. The maximum Gasteiger partial charge on any atom is 0.335 e. The van der Waals surface area contributed by atoms with Crippen LogP contribution >= 0.6 is 0 Å². The first-order chi connectivity index (χ1) is 10.1. The minimum Gasteiger partial charge on any atom is -0.478 e. The molecule has 1 aromatic heterocycles. The molecule has 0 atom stereocenters. The number of H-pyrrole nitrogens is 1. The number of rotatable bonds is 4. The normalized spacial score (nSPS) is 10.7. The smallest absolute Gasteiger partial charge is 0.335 e. The van der Waals surface area contributed by atoms with Gasteiger partial charge in [-0.2, -0.15) is 0 Å². The molecule has 106 valence electrons. The van der Waals surface area contributed by atoms with Crippen molar-refractivity contribution in [2.45, 2.75) is 13.5 Å². The Bertz CT molecular complexity index is 805. The molecular weight excluding hydrogens is 264 g/mol. The molecular formula is C17H16N2O2. The predicted octanol–water partition coefficient (Wildman–Crippen LogP) is 3.79. The number of aryl methyl sites for hydroxylation is 1. The number of benzene rings is 2. The third-order valence-electron chi connectivity index (χ3n) is 3.59. The zero-order valence-corrected chi connectivity index (χ0v) is 11.7. The van der Waals surface area contributed by atoms with Crippen LogP contribution in [0.3, 0.4) is 0 Å². The van der Waals surface area contributed by atoms with Gasteiger partial charge in [0.2, 0.25) is 0 Å². The van der Waals surface area contributed by atoms with E-state index in [1.807, 2.05) is 31.3 Å². The lowest BCUT2D eigenvalue weighted by Crippen LogP contribution is -2.03. The molecule has 0 aliphatic rings. The number of carbonyl (C=O) groups is 1. The van der Waals surface area contributed by atoms with Crippen LogP contribution in [0, 0.1) is 6.92 Å². The standard InChI is InChI=1S/C17H16N2O2/c1-11-2-4-14(17(20)21)9-16(11)19-10-12-3-5-15-13(8-12)6-7-18-15/h2-9,18-19H,10H2,1H3,(H,20,21). The summed E-state index contributed by atoms with van der Waals surface area (Å²) >= 11 is 0. The number of aromatic amines is 1. The van der Waals surface area contributed by atoms with E-state index in [4.69, 9.17) is 5.11 Å². The average Bonchev–Trinajstić information content (AvgIpc) is 2.93. The van der Waals surface area contributed by atoms with E-state index in [9.17, 15) is 4.79 Å². The van der Waals surface area contributed by atoms with Gasteiger partial charge in [0.1, 0.15) is 0 Å². The minimum absolute atomic E-state index is 0.296. The molecule has 0 spiro atoms. The molecule has 0 saturated carbocycles. The van der Waals surface area contributed by atoms with E-state index in [0.717, 1.165) is 22.3 Å². The van der Waals surface area contributed by atoms with Crippen LogP contribution in [0.1, 0.15) is 21.5 Å². The molecule has 0 amide bonds. The van der Waals surface area contributed by atoms with Crippen LogP contribution in [-0.4, -0.2) is 16.1 Å². The van der Waals surface area contributed by atoms with E-state index in [2.05, 4.69) is 22.4 Å². The van der Waals surface area contributed by atoms with Crippen molar-refractivity contribution in [1.29, 1.82) is 0 Å². The van der Waals surface area contributed by atoms with Crippen molar-refractivity contribution in [3.8, 4) is 0 Å². The largest absolute Gasteiger partial charge is 0.478 e. The average molecular weight is 280 g/mol. The number of aromatic carboxylic acids is 1. The van der Waals surface area contributed by atoms with Crippen LogP contribution in [0.5, 0.6) is 0 Å². The first kappa shape index (κ1) is 13.2. The van der Waals surface area contributed by atoms with Crippen LogP contribution in [0.2, 0.25) is 0 Å². The highest BCUT2D eigenvalue weighted by molar-refractivity contribution is 5.89. The molecule has 0 unspecified atom stereocenters. The zero-order chi connectivity index (χ0) is 14.8. The summed E-state index contributed by atoms with van der Waals surface area (Å²) in [5, 5.41) is 13.5. The summed E-state index contributed by atoms with van der Waals surface area (Å²) in [6, 6.07) is 13.4. The lowest BCUT2D eigenvalue weighted by molar-refractivity contribution is 0.0697. The van der Waals surface area contributed by atoms with Gasteiger partial charge in [-0.15, -0.1) is 0 Å². The number of carboxylic acid groups (broad SMARTS) is 1. The highest BCUT2D eigenvalue weighted by Gasteiger charge is 2.06. The third-order valence-corrected chi connectivity index (χ3v) is 3.59. The Hall–Kier alpha value is -2.75. The molecule has 4 nitrogen and oxygen atoms in total. The molecule has 21 heavy (non-hydrogen) atoms. The van der Waals surface area contributed by atoms with Crippen molar-refractivity contribution < 1.29 is 9.90 Å². The molecule has 3 aromatic rings. The van der Waals surface area contributed by atoms with Crippen LogP contribution in [0.15, 0.2) is 48.7 Å². The second-order valence-corrected chi connectivity index (χ2v) is 5.09. The van der Waals surface area contributed by atoms with Crippen LogP contribution in [0.4, 0.5) is 5.69 Å². The van der Waals surface area contributed by atoms with E-state index >= 15 is 0 Å². The molecule has 2 aromatic carbocycles. The van der Waals surface area contributed by atoms with E-state index in [0.29, 0.717) is 12.1 Å². The third kappa shape index (κ3) is 2.74. The van der Waals surface area contributed by atoms with E-state index in [1.165, 1.54) is 5.39 Å². The van der Waals surface area contributed by atoms with Crippen molar-refractivity contribution in [2.75, 3.05) is 5.32 Å². The summed E-state index contributed by atoms with van der Waals surface area (Å²) in [7, 11) is 0. The van der Waals surface area contributed by atoms with Crippen LogP contribution < -0.4 is 5.32 Å². The number of carboxylic acids is 1. The molecule has 0 radical (unpaired) electrons. The number of fused-ring (bicyclic) bond motifs is 1. The van der Waals surface area contributed by atoms with Gasteiger partial charge >= 0.3 is 5.97 Å². The highest BCUT2D eigenvalue weighted by atomic mass is 16.4. The lowest BCUT2D eigenvalue weighted by atomic mass is 10.1. The molecule has 0 aliphatic heterocycles. The van der Waals surface area contributed by atoms with Crippen molar-refractivity contribution in [2.24, 2.45) is 0 Å². The second kappa shape index (κ2) is 5.32. The van der Waals surface area contributed by atoms with Gasteiger partial charge in [-0.3, -0.25) is 0 Å². The van der Waals surface area contributed by atoms with Gasteiger partial charge in [0.25, 0.3) is 0 Å². The van der Waals surface area contributed by atoms with Crippen LogP contribution in [0.25, 0.3) is 10.9 Å². The second-order valence-electron chi connectivity index (χ2n) is 5.09. The predicted molar refractivity (Wildman–Crippen MR) is 83.8 cm³/mol. The van der Waals surface area contributed by atoms with E-state index < -0.39 is 5.97 Å². The Labute approximate surface area is 122 Å². The molecule has 0 aliphatic carbocycles. The van der Waals surface area contributed by atoms with E-state index in [1.54, 1.807) is 12.1 Å². The van der Waals surface area contributed by atoms with Gasteiger partial charge in [0.05, 0.1) is 5.56 Å². The Morgan fingerprint density at radius 2 is 2.05 bits per heavy atom. The molecule has 3 N–H and O–H groups in total. The number of anilines is 1. The fourth-order valence-corrected chi connectivity index (χ4v) is 2.36. The van der Waals surface area contributed by atoms with Crippen LogP contribution in [-0.2, 0) is 6.54 Å². The molecule has 0 fully saturated rings. The van der Waals surface area contributed by atoms with Crippen molar-refractivity contribution >= 4 is 22.6 Å². The van der Waals surface area contributed by atoms with E-state index in [-0.39, 0.29) is 0 Å². The zero-order valence-electron chi connectivity index (χ0n) is 11.7. The van der Waals surface area contributed by atoms with Gasteiger partial charge < -0.3 is 15.4 Å². The van der Waals surface area contributed by atoms with Gasteiger partial charge in [0, 0.05) is 23.9 Å². The Morgan fingerprint density at radius 3 is 2.86 bits per heavy atom. The molecule has 0 bridgehead atoms. The fraction of sp³-hybridized carbons (Fsp3) is 0.118. The quantitative estimate of drug-likeness (QED) is 0.681. The topological polar surface area (TPSA) is 65.1 Å². The van der Waals surface area contributed by atoms with Crippen molar-refractivity contribution in [1.82, 2.24) is 4.98 Å². The number of nitrogens with one attached hydrogen (secondary N) is 2. The lowest BCUT2D eigenvalue weighted by Gasteiger charge is -2.10. The fourth-order valence-electron chi connectivity index (χ4n) is 2.36. The summed E-state index contributed by atoms with van der Waals surface area (Å²) in [6.45, 7) is 2.62. The number of hydrogen-bond acceptors (Lipinski definition) is 2. The Kier molecular flexibility index (Phi) is 3.36. The summed E-state index contributed by atoms with van der Waals surface area (Å²) in [5.74, 6) is -0.910. The maximum absolute atomic E-state index is 11.0. The Morgan fingerprint density at radius 1 is 1.19 bits per heavy atom. The van der Waals surface area contributed by atoms with Gasteiger partial charge in [0.15, 0.2) is 0 Å². The highest BCUT2D eigenvalue weighted by Crippen LogP contribution is 2.19. The minimum atomic E-state index is -0.910. The summed E-state index contributed by atoms with van der Waals surface area (Å²) in [5.41, 5.74) is 4.45. The molecule has 0 saturated heterocycles. The first-order valence-electron chi connectivity index (χ1n) is 6.77. The van der Waals surface area contributed by atoms with Gasteiger partial charge in [-0.05, 0) is 53.8 Å². The van der Waals surface area contributed by atoms with Gasteiger partial charge in [-0.25, -0.2) is 4.79 Å². The van der Waals surface area contributed by atoms with Gasteiger partial charge in [-0.1, -0.05) is 12.1 Å².